The van der Waals surface area contributed by atoms with Crippen LogP contribution < -0.4 is 0 Å². The molecule has 3 nitrogen and oxygen atoms in total. The van der Waals surface area contributed by atoms with Gasteiger partial charge >= 0.3 is 0 Å². The van der Waals surface area contributed by atoms with Crippen molar-refractivity contribution >= 4 is 17.7 Å². The topological polar surface area (TPSA) is 51.2 Å². The van der Waals surface area contributed by atoms with Crippen molar-refractivity contribution in [2.24, 2.45) is 0 Å². The molecule has 0 bridgehead atoms. The van der Waals surface area contributed by atoms with E-state index in [0.717, 1.165) is 12.2 Å². The van der Waals surface area contributed by atoms with Gasteiger partial charge in [0.25, 0.3) is 0 Å². The zero-order chi connectivity index (χ0) is 7.82. The van der Waals surface area contributed by atoms with Crippen molar-refractivity contribution in [2.45, 2.75) is 12.8 Å². The van der Waals surface area contributed by atoms with Crippen molar-refractivity contribution in [1.29, 1.82) is 0 Å². The number of allylic oxidation sites excluding steroid dienone is 2. The van der Waals surface area contributed by atoms with E-state index in [1.165, 1.54) is 11.9 Å². The van der Waals surface area contributed by atoms with E-state index < -0.39 is 0 Å². The maximum atomic E-state index is 10.5. The lowest BCUT2D eigenvalue weighted by Gasteiger charge is -1.83. The summed E-state index contributed by atoms with van der Waals surface area (Å²) in [5, 5.41) is 0. The molecule has 0 aromatic carbocycles. The summed E-state index contributed by atoms with van der Waals surface area (Å²) >= 11 is 0. The fourth-order valence-corrected chi connectivity index (χ4v) is 0.394. The van der Waals surface area contributed by atoms with E-state index in [1.54, 1.807) is 0 Å². The number of Topliss-reactive ketones (excluding diaryl/α,β-unsaturated/α-hetero) is 1. The second kappa shape index (κ2) is 5.70. The van der Waals surface area contributed by atoms with Crippen LogP contribution in [0.15, 0.2) is 12.2 Å². The third kappa shape index (κ3) is 4.72. The Morgan fingerprint density at radius 1 is 1.10 bits per heavy atom. The summed E-state index contributed by atoms with van der Waals surface area (Å²) in [5.41, 5.74) is 0. The van der Waals surface area contributed by atoms with Gasteiger partial charge in [0.2, 0.25) is 0 Å². The first-order valence-electron chi connectivity index (χ1n) is 2.71. The highest BCUT2D eigenvalue weighted by Gasteiger charge is 1.94. The van der Waals surface area contributed by atoms with Gasteiger partial charge in [0.15, 0.2) is 0 Å². The van der Waals surface area contributed by atoms with Gasteiger partial charge in [-0.25, -0.2) is 9.59 Å². The molecule has 0 atom stereocenters. The average Bonchev–Trinajstić information content (AvgIpc) is 1.97. The molecule has 0 aromatic rings. The minimum absolute atomic E-state index is 0.0433. The molecule has 0 heterocycles. The summed E-state index contributed by atoms with van der Waals surface area (Å²) in [5.74, 6) is 2.75. The van der Waals surface area contributed by atoms with Crippen LogP contribution in [0, 0.1) is 0 Å². The largest absolute Gasteiger partial charge is 0.299 e. The molecule has 0 unspecified atom stereocenters. The molecule has 0 amide bonds. The Morgan fingerprint density at radius 2 is 1.50 bits per heavy atom. The maximum Gasteiger partial charge on any atom is 0.141 e. The van der Waals surface area contributed by atoms with Crippen molar-refractivity contribution in [3.8, 4) is 0 Å². The number of carbonyl (C=O) groups is 1. The molecule has 0 radical (unpaired) electrons. The number of hydrogen-bond acceptors (Lipinski definition) is 3. The molecule has 52 valence electrons. The van der Waals surface area contributed by atoms with Crippen LogP contribution in [0.4, 0.5) is 0 Å². The predicted molar refractivity (Wildman–Crippen MR) is 34.8 cm³/mol. The number of carbonyl (C=O) groups excluding carboxylic acids is 3. The van der Waals surface area contributed by atoms with Gasteiger partial charge in [0.1, 0.15) is 17.7 Å². The molecule has 0 rings (SSSR count). The van der Waals surface area contributed by atoms with E-state index >= 15 is 0 Å². The molecule has 0 aliphatic carbocycles. The lowest BCUT2D eigenvalue weighted by molar-refractivity contribution is -0.117. The summed E-state index contributed by atoms with van der Waals surface area (Å²) in [7, 11) is 0. The van der Waals surface area contributed by atoms with Crippen LogP contribution in [0.2, 0.25) is 0 Å². The summed E-state index contributed by atoms with van der Waals surface area (Å²) in [4.78, 5) is 29.7. The van der Waals surface area contributed by atoms with E-state index in [-0.39, 0.29) is 18.6 Å². The van der Waals surface area contributed by atoms with Gasteiger partial charge in [-0.05, 0) is 0 Å². The first kappa shape index (κ1) is 8.57. The Bertz CT molecular complexity index is 183. The Morgan fingerprint density at radius 3 is 1.80 bits per heavy atom. The standard InChI is InChI=1S/C7H6O3/c8-5-1-3-7(10)4-2-6-9/h1-2H,3-4H2. The van der Waals surface area contributed by atoms with Crippen LogP contribution in [0.3, 0.4) is 0 Å². The summed E-state index contributed by atoms with van der Waals surface area (Å²) in [6.45, 7) is 0. The molecule has 0 fully saturated rings. The highest BCUT2D eigenvalue weighted by molar-refractivity contribution is 5.83. The lowest BCUT2D eigenvalue weighted by atomic mass is 10.2. The minimum Gasteiger partial charge on any atom is -0.299 e. The fourth-order valence-electron chi connectivity index (χ4n) is 0.394. The van der Waals surface area contributed by atoms with E-state index in [0.29, 0.717) is 0 Å². The molecule has 0 aromatic heterocycles. The van der Waals surface area contributed by atoms with Gasteiger partial charge in [0, 0.05) is 25.0 Å². The van der Waals surface area contributed by atoms with Gasteiger partial charge in [0.05, 0.1) is 0 Å². The van der Waals surface area contributed by atoms with Gasteiger partial charge in [-0.1, -0.05) is 0 Å². The second-order valence-corrected chi connectivity index (χ2v) is 1.59. The molecule has 0 saturated carbocycles. The Labute approximate surface area is 58.0 Å². The van der Waals surface area contributed by atoms with Gasteiger partial charge < -0.3 is 0 Å². The van der Waals surface area contributed by atoms with E-state index in [4.69, 9.17) is 0 Å². The van der Waals surface area contributed by atoms with Crippen molar-refractivity contribution in [3.05, 3.63) is 12.2 Å². The lowest BCUT2D eigenvalue weighted by Crippen LogP contribution is -1.92. The smallest absolute Gasteiger partial charge is 0.141 e. The maximum absolute atomic E-state index is 10.5. The highest BCUT2D eigenvalue weighted by Crippen LogP contribution is 1.88. The summed E-state index contributed by atoms with van der Waals surface area (Å²) in [6.07, 6.45) is 2.26. The highest BCUT2D eigenvalue weighted by atomic mass is 16.1. The normalized spacial score (nSPS) is 7.20. The van der Waals surface area contributed by atoms with Crippen LogP contribution in [0.25, 0.3) is 0 Å². The SMILES string of the molecule is O=C=CCC(=O)CC=C=O. The van der Waals surface area contributed by atoms with Crippen LogP contribution in [0.5, 0.6) is 0 Å². The van der Waals surface area contributed by atoms with Gasteiger partial charge in [-0.15, -0.1) is 0 Å². The molecule has 0 N–H and O–H groups in total. The molecule has 10 heavy (non-hydrogen) atoms. The number of rotatable bonds is 4. The zero-order valence-corrected chi connectivity index (χ0v) is 5.29. The number of ketones is 1. The monoisotopic (exact) mass is 138 g/mol. The van der Waals surface area contributed by atoms with E-state index in [2.05, 4.69) is 0 Å². The van der Waals surface area contributed by atoms with E-state index in [9.17, 15) is 14.4 Å². The molecular weight excluding hydrogens is 132 g/mol. The molecular formula is C7H6O3. The first-order valence-corrected chi connectivity index (χ1v) is 2.71. The Hall–Kier alpha value is -1.43. The van der Waals surface area contributed by atoms with Crippen molar-refractivity contribution in [3.63, 3.8) is 0 Å². The van der Waals surface area contributed by atoms with Gasteiger partial charge in [-0.2, -0.15) is 0 Å². The second-order valence-electron chi connectivity index (χ2n) is 1.59. The molecule has 0 aliphatic heterocycles. The third-order valence-electron chi connectivity index (χ3n) is 0.826. The van der Waals surface area contributed by atoms with E-state index in [1.807, 2.05) is 0 Å². The molecule has 0 spiro atoms. The Balaban J connectivity index is 3.63. The Kier molecular flexibility index (Phi) is 4.89. The van der Waals surface area contributed by atoms with Crippen molar-refractivity contribution < 1.29 is 14.4 Å². The van der Waals surface area contributed by atoms with Crippen molar-refractivity contribution in [1.82, 2.24) is 0 Å². The molecule has 0 saturated heterocycles. The van der Waals surface area contributed by atoms with Crippen LogP contribution >= 0.6 is 0 Å². The number of hydrogen-bond donors (Lipinski definition) is 0. The summed E-state index contributed by atoms with van der Waals surface area (Å²) < 4.78 is 0. The van der Waals surface area contributed by atoms with Crippen LogP contribution in [-0.2, 0) is 14.4 Å². The van der Waals surface area contributed by atoms with Crippen LogP contribution in [0.1, 0.15) is 12.8 Å². The molecule has 0 aliphatic rings. The average molecular weight is 138 g/mol. The fraction of sp³-hybridized carbons (Fsp3) is 0.286. The minimum atomic E-state index is -0.188. The third-order valence-corrected chi connectivity index (χ3v) is 0.826. The quantitative estimate of drug-likeness (QED) is 0.518. The zero-order valence-electron chi connectivity index (χ0n) is 5.29. The van der Waals surface area contributed by atoms with Gasteiger partial charge in [-0.3, -0.25) is 4.79 Å². The summed E-state index contributed by atoms with van der Waals surface area (Å²) in [6, 6.07) is 0. The predicted octanol–water partition coefficient (Wildman–Crippen LogP) is 0.111. The molecule has 3 heteroatoms. The first-order chi connectivity index (χ1) is 4.81. The van der Waals surface area contributed by atoms with Crippen molar-refractivity contribution in [2.75, 3.05) is 0 Å². The van der Waals surface area contributed by atoms with Crippen LogP contribution in [-0.4, -0.2) is 17.7 Å².